The maximum atomic E-state index is 12.5. The lowest BCUT2D eigenvalue weighted by Gasteiger charge is -2.37. The predicted octanol–water partition coefficient (Wildman–Crippen LogP) is 5.87. The molecule has 0 unspecified atom stereocenters. The van der Waals surface area contributed by atoms with Crippen LogP contribution in [0.5, 0.6) is 5.75 Å². The molecule has 172 valence electrons. The summed E-state index contributed by atoms with van der Waals surface area (Å²) < 4.78 is 6.13. The Balaban J connectivity index is 1.20. The number of benzene rings is 2. The van der Waals surface area contributed by atoms with E-state index in [1.807, 2.05) is 37.4 Å². The summed E-state index contributed by atoms with van der Waals surface area (Å²) >= 11 is 6.51. The summed E-state index contributed by atoms with van der Waals surface area (Å²) in [6, 6.07) is 12.0. The summed E-state index contributed by atoms with van der Waals surface area (Å²) in [6.07, 6.45) is 4.66. The average molecular weight is 456 g/mol. The maximum absolute atomic E-state index is 12.5. The Hall–Kier alpha value is -2.24. The van der Waals surface area contributed by atoms with Gasteiger partial charge in [0.25, 0.3) is 0 Å². The maximum Gasteiger partial charge on any atom is 0.321 e. The number of ether oxygens (including phenoxy) is 1. The van der Waals surface area contributed by atoms with E-state index in [4.69, 9.17) is 16.3 Å². The zero-order valence-corrected chi connectivity index (χ0v) is 20.1. The molecule has 2 fully saturated rings. The number of carbonyl (C=O) groups is 1. The molecule has 0 radical (unpaired) electrons. The lowest BCUT2D eigenvalue weighted by Crippen LogP contribution is -2.43. The van der Waals surface area contributed by atoms with Crippen LogP contribution < -0.4 is 10.1 Å². The van der Waals surface area contributed by atoms with E-state index < -0.39 is 0 Å². The summed E-state index contributed by atoms with van der Waals surface area (Å²) in [6.45, 7) is 8.09. The van der Waals surface area contributed by atoms with Crippen molar-refractivity contribution >= 4 is 23.3 Å². The number of anilines is 1. The third-order valence-electron chi connectivity index (χ3n) is 6.75. The van der Waals surface area contributed by atoms with Crippen molar-refractivity contribution < 1.29 is 9.53 Å². The van der Waals surface area contributed by atoms with Gasteiger partial charge >= 0.3 is 6.03 Å². The van der Waals surface area contributed by atoms with E-state index in [2.05, 4.69) is 30.1 Å². The van der Waals surface area contributed by atoms with Gasteiger partial charge in [-0.25, -0.2) is 4.79 Å². The van der Waals surface area contributed by atoms with E-state index in [1.54, 1.807) is 4.90 Å². The molecule has 1 aliphatic heterocycles. The van der Waals surface area contributed by atoms with Gasteiger partial charge < -0.3 is 15.0 Å². The van der Waals surface area contributed by atoms with Gasteiger partial charge in [0.1, 0.15) is 5.75 Å². The summed E-state index contributed by atoms with van der Waals surface area (Å²) in [5.41, 5.74) is 4.40. The largest absolute Gasteiger partial charge is 0.490 e. The van der Waals surface area contributed by atoms with E-state index in [0.29, 0.717) is 5.92 Å². The molecule has 5 nitrogen and oxygen atoms in total. The Kier molecular flexibility index (Phi) is 7.27. The molecule has 32 heavy (non-hydrogen) atoms. The Morgan fingerprint density at radius 2 is 1.88 bits per heavy atom. The standard InChI is InChI=1S/C26H34ClN3O2/c1-18-6-8-22(12-19(18)2)28-26(31)29(3)16-20-13-24(14-20)32-23-9-7-21(25(27)15-23)17-30-10-4-5-11-30/h6-9,12,15,20,24H,4-5,10-11,13-14,16-17H2,1-3H3,(H,28,31). The Morgan fingerprint density at radius 3 is 2.56 bits per heavy atom. The number of hydrogen-bond acceptors (Lipinski definition) is 3. The van der Waals surface area contributed by atoms with Crippen molar-refractivity contribution in [2.75, 3.05) is 32.0 Å². The highest BCUT2D eigenvalue weighted by Crippen LogP contribution is 2.33. The summed E-state index contributed by atoms with van der Waals surface area (Å²) in [5.74, 6) is 1.30. The fourth-order valence-electron chi connectivity index (χ4n) is 4.53. The van der Waals surface area contributed by atoms with Gasteiger partial charge in [0.2, 0.25) is 0 Å². The van der Waals surface area contributed by atoms with Crippen molar-refractivity contribution in [2.24, 2.45) is 5.92 Å². The van der Waals surface area contributed by atoms with Gasteiger partial charge in [-0.1, -0.05) is 23.7 Å². The first kappa shape index (κ1) is 22.9. The molecule has 2 amide bonds. The second-order valence-electron chi connectivity index (χ2n) is 9.42. The molecular formula is C26H34ClN3O2. The molecule has 0 bridgehead atoms. The molecule has 2 aromatic rings. The molecular weight excluding hydrogens is 422 g/mol. The van der Waals surface area contributed by atoms with Crippen LogP contribution in [0.1, 0.15) is 42.4 Å². The number of amides is 2. The van der Waals surface area contributed by atoms with Gasteiger partial charge in [-0.05, 0) is 99.5 Å². The molecule has 1 heterocycles. The van der Waals surface area contributed by atoms with Gasteiger partial charge in [0.05, 0.1) is 6.10 Å². The summed E-state index contributed by atoms with van der Waals surface area (Å²) in [5, 5.41) is 3.77. The lowest BCUT2D eigenvalue weighted by molar-refractivity contribution is 0.0532. The van der Waals surface area contributed by atoms with Gasteiger partial charge in [-0.15, -0.1) is 0 Å². The number of nitrogens with zero attached hydrogens (tertiary/aromatic N) is 2. The highest BCUT2D eigenvalue weighted by molar-refractivity contribution is 6.31. The van der Waals surface area contributed by atoms with Crippen molar-refractivity contribution in [2.45, 2.75) is 52.2 Å². The van der Waals surface area contributed by atoms with Gasteiger partial charge in [0.15, 0.2) is 0 Å². The van der Waals surface area contributed by atoms with Crippen LogP contribution in [0.2, 0.25) is 5.02 Å². The van der Waals surface area contributed by atoms with Crippen LogP contribution in [0.3, 0.4) is 0 Å². The SMILES string of the molecule is Cc1ccc(NC(=O)N(C)CC2CC(Oc3ccc(CN4CCCC4)c(Cl)c3)C2)cc1C. The Bertz CT molecular complexity index is 952. The van der Waals surface area contributed by atoms with Crippen LogP contribution in [0.4, 0.5) is 10.5 Å². The van der Waals surface area contributed by atoms with E-state index in [9.17, 15) is 4.79 Å². The minimum absolute atomic E-state index is 0.0713. The third-order valence-corrected chi connectivity index (χ3v) is 7.10. The Labute approximate surface area is 196 Å². The zero-order valence-electron chi connectivity index (χ0n) is 19.4. The van der Waals surface area contributed by atoms with E-state index in [-0.39, 0.29) is 12.1 Å². The van der Waals surface area contributed by atoms with Gasteiger partial charge in [0, 0.05) is 30.8 Å². The topological polar surface area (TPSA) is 44.8 Å². The quantitative estimate of drug-likeness (QED) is 0.567. The second-order valence-corrected chi connectivity index (χ2v) is 9.83. The minimum atomic E-state index is -0.0713. The number of likely N-dealkylation sites (tertiary alicyclic amines) is 1. The Morgan fingerprint density at radius 1 is 1.12 bits per heavy atom. The number of hydrogen-bond donors (Lipinski definition) is 1. The number of aryl methyl sites for hydroxylation is 2. The summed E-state index contributed by atoms with van der Waals surface area (Å²) in [7, 11) is 1.85. The van der Waals surface area contributed by atoms with Crippen LogP contribution >= 0.6 is 11.6 Å². The van der Waals surface area contributed by atoms with Crippen molar-refractivity contribution in [1.82, 2.24) is 9.80 Å². The van der Waals surface area contributed by atoms with Crippen LogP contribution in [0.15, 0.2) is 36.4 Å². The van der Waals surface area contributed by atoms with Crippen molar-refractivity contribution in [1.29, 1.82) is 0 Å². The second kappa shape index (κ2) is 10.1. The normalized spacial score (nSPS) is 20.6. The fourth-order valence-corrected chi connectivity index (χ4v) is 4.76. The molecule has 2 aliphatic rings. The first-order valence-corrected chi connectivity index (χ1v) is 12.0. The van der Waals surface area contributed by atoms with Crippen LogP contribution in [0, 0.1) is 19.8 Å². The molecule has 6 heteroatoms. The molecule has 1 saturated heterocycles. The first-order valence-electron chi connectivity index (χ1n) is 11.6. The lowest BCUT2D eigenvalue weighted by atomic mass is 9.82. The van der Waals surface area contributed by atoms with E-state index >= 15 is 0 Å². The van der Waals surface area contributed by atoms with Gasteiger partial charge in [-0.2, -0.15) is 0 Å². The fraction of sp³-hybridized carbons (Fsp3) is 0.500. The monoisotopic (exact) mass is 455 g/mol. The average Bonchev–Trinajstić information content (AvgIpc) is 3.24. The molecule has 2 aromatic carbocycles. The molecule has 1 saturated carbocycles. The molecule has 1 aliphatic carbocycles. The van der Waals surface area contributed by atoms with Crippen LogP contribution in [-0.2, 0) is 6.54 Å². The zero-order chi connectivity index (χ0) is 22.7. The number of halogens is 1. The highest BCUT2D eigenvalue weighted by atomic mass is 35.5. The minimum Gasteiger partial charge on any atom is -0.490 e. The number of carbonyl (C=O) groups excluding carboxylic acids is 1. The molecule has 0 atom stereocenters. The van der Waals surface area contributed by atoms with Crippen molar-refractivity contribution in [3.05, 3.63) is 58.1 Å². The number of nitrogens with one attached hydrogen (secondary N) is 1. The highest BCUT2D eigenvalue weighted by Gasteiger charge is 2.32. The molecule has 0 aromatic heterocycles. The first-order chi connectivity index (χ1) is 15.4. The van der Waals surface area contributed by atoms with Crippen LogP contribution in [0.25, 0.3) is 0 Å². The van der Waals surface area contributed by atoms with Crippen LogP contribution in [-0.4, -0.2) is 48.6 Å². The van der Waals surface area contributed by atoms with Crippen molar-refractivity contribution in [3.8, 4) is 5.75 Å². The molecule has 4 rings (SSSR count). The van der Waals surface area contributed by atoms with E-state index in [1.165, 1.54) is 29.5 Å². The van der Waals surface area contributed by atoms with Crippen molar-refractivity contribution in [3.63, 3.8) is 0 Å². The molecule has 1 N–H and O–H groups in total. The number of urea groups is 1. The third kappa shape index (κ3) is 5.76. The van der Waals surface area contributed by atoms with E-state index in [0.717, 1.165) is 55.5 Å². The summed E-state index contributed by atoms with van der Waals surface area (Å²) in [4.78, 5) is 16.7. The molecule has 0 spiro atoms. The number of rotatable bonds is 7. The van der Waals surface area contributed by atoms with Gasteiger partial charge in [-0.3, -0.25) is 4.90 Å². The smallest absolute Gasteiger partial charge is 0.321 e. The predicted molar refractivity (Wildman–Crippen MR) is 131 cm³/mol.